The first-order valence-electron chi connectivity index (χ1n) is 8.35. The first-order chi connectivity index (χ1) is 10.2. The molecule has 1 spiro atoms. The Morgan fingerprint density at radius 3 is 2.45 bits per heavy atom. The van der Waals surface area contributed by atoms with E-state index in [0.29, 0.717) is 13.1 Å². The Hall–Kier alpha value is -1.30. The van der Waals surface area contributed by atoms with E-state index in [9.17, 15) is 9.59 Å². The van der Waals surface area contributed by atoms with Gasteiger partial charge >= 0.3 is 6.03 Å². The van der Waals surface area contributed by atoms with Crippen molar-refractivity contribution in [1.82, 2.24) is 20.4 Å². The van der Waals surface area contributed by atoms with Crippen LogP contribution in [0.1, 0.15) is 53.9 Å². The normalized spacial score (nSPS) is 25.0. The average Bonchev–Trinajstić information content (AvgIpc) is 2.63. The van der Waals surface area contributed by atoms with Crippen LogP contribution in [0, 0.1) is 0 Å². The topological polar surface area (TPSA) is 64.7 Å². The van der Waals surface area contributed by atoms with Crippen molar-refractivity contribution in [2.75, 3.05) is 19.6 Å². The molecule has 2 rings (SSSR count). The van der Waals surface area contributed by atoms with Gasteiger partial charge in [0.25, 0.3) is 0 Å². The number of likely N-dealkylation sites (tertiary alicyclic amines) is 1. The molecule has 2 N–H and O–H groups in total. The highest BCUT2D eigenvalue weighted by atomic mass is 16.2. The van der Waals surface area contributed by atoms with Crippen LogP contribution in [0.4, 0.5) is 4.79 Å². The van der Waals surface area contributed by atoms with Gasteiger partial charge in [0, 0.05) is 38.0 Å². The molecule has 3 amide bonds. The van der Waals surface area contributed by atoms with Gasteiger partial charge in [-0.3, -0.25) is 10.1 Å². The van der Waals surface area contributed by atoms with Gasteiger partial charge < -0.3 is 15.1 Å². The summed E-state index contributed by atoms with van der Waals surface area (Å²) in [6.45, 7) is 12.1. The van der Waals surface area contributed by atoms with Crippen LogP contribution < -0.4 is 10.6 Å². The molecule has 1 unspecified atom stereocenters. The quantitative estimate of drug-likeness (QED) is 0.813. The van der Waals surface area contributed by atoms with E-state index >= 15 is 0 Å². The first kappa shape index (κ1) is 17.1. The van der Waals surface area contributed by atoms with E-state index in [1.165, 1.54) is 0 Å². The Balaban J connectivity index is 2.01. The lowest BCUT2D eigenvalue weighted by Gasteiger charge is -2.45. The van der Waals surface area contributed by atoms with Gasteiger partial charge in [0.05, 0.1) is 11.7 Å². The number of hydrogen-bond donors (Lipinski definition) is 2. The molecule has 0 radical (unpaired) electrons. The van der Waals surface area contributed by atoms with E-state index in [1.54, 1.807) is 0 Å². The van der Waals surface area contributed by atoms with Gasteiger partial charge in [-0.2, -0.15) is 0 Å². The van der Waals surface area contributed by atoms with Crippen molar-refractivity contribution >= 4 is 11.9 Å². The minimum atomic E-state index is -0.259. The van der Waals surface area contributed by atoms with Gasteiger partial charge in [0.1, 0.15) is 0 Å². The van der Waals surface area contributed by atoms with Crippen LogP contribution >= 0.6 is 0 Å². The van der Waals surface area contributed by atoms with E-state index in [4.69, 9.17) is 0 Å². The molecule has 2 heterocycles. The molecule has 126 valence electrons. The molecule has 2 fully saturated rings. The van der Waals surface area contributed by atoms with Crippen LogP contribution in [0.3, 0.4) is 0 Å². The lowest BCUT2D eigenvalue weighted by atomic mass is 9.96. The smallest absolute Gasteiger partial charge is 0.317 e. The molecule has 0 bridgehead atoms. The number of carbonyl (C=O) groups excluding carboxylic acids is 2. The number of carbonyl (C=O) groups is 2. The zero-order chi connectivity index (χ0) is 16.5. The monoisotopic (exact) mass is 310 g/mol. The third-order valence-corrected chi connectivity index (χ3v) is 4.45. The van der Waals surface area contributed by atoms with Crippen LogP contribution in [0.15, 0.2) is 0 Å². The number of urea groups is 1. The highest BCUT2D eigenvalue weighted by Gasteiger charge is 2.50. The third kappa shape index (κ3) is 3.37. The van der Waals surface area contributed by atoms with Crippen molar-refractivity contribution in [2.24, 2.45) is 0 Å². The lowest BCUT2D eigenvalue weighted by Crippen LogP contribution is -2.61. The Kier molecular flexibility index (Phi) is 4.70. The molecule has 1 atom stereocenters. The predicted octanol–water partition coefficient (Wildman–Crippen LogP) is 1.52. The van der Waals surface area contributed by atoms with Gasteiger partial charge in [-0.05, 0) is 34.1 Å². The summed E-state index contributed by atoms with van der Waals surface area (Å²) in [6.07, 6.45) is 2.54. The molecular formula is C16H30N4O2. The number of amides is 3. The van der Waals surface area contributed by atoms with E-state index in [-0.39, 0.29) is 29.2 Å². The van der Waals surface area contributed by atoms with Crippen molar-refractivity contribution in [3.63, 3.8) is 0 Å². The van der Waals surface area contributed by atoms with E-state index in [2.05, 4.69) is 17.6 Å². The molecule has 6 heteroatoms. The number of rotatable bonds is 2. The average molecular weight is 310 g/mol. The Morgan fingerprint density at radius 2 is 1.95 bits per heavy atom. The summed E-state index contributed by atoms with van der Waals surface area (Å²) in [6, 6.07) is -0.136. The molecular weight excluding hydrogens is 280 g/mol. The molecule has 0 aromatic carbocycles. The third-order valence-electron chi connectivity index (χ3n) is 4.45. The van der Waals surface area contributed by atoms with Crippen molar-refractivity contribution in [3.05, 3.63) is 0 Å². The maximum absolute atomic E-state index is 12.3. The second kappa shape index (κ2) is 6.07. The van der Waals surface area contributed by atoms with Crippen molar-refractivity contribution < 1.29 is 9.59 Å². The predicted molar refractivity (Wildman–Crippen MR) is 86.4 cm³/mol. The molecule has 6 nitrogen and oxygen atoms in total. The summed E-state index contributed by atoms with van der Waals surface area (Å²) in [5, 5.41) is 6.49. The van der Waals surface area contributed by atoms with Crippen LogP contribution in [0.25, 0.3) is 0 Å². The van der Waals surface area contributed by atoms with Crippen LogP contribution in [-0.4, -0.2) is 58.6 Å². The molecule has 2 saturated heterocycles. The highest BCUT2D eigenvalue weighted by molar-refractivity contribution is 5.85. The van der Waals surface area contributed by atoms with Gasteiger partial charge in [0.15, 0.2) is 0 Å². The maximum atomic E-state index is 12.3. The number of nitrogens with zero attached hydrogens (tertiary/aromatic N) is 2. The van der Waals surface area contributed by atoms with E-state index in [1.807, 2.05) is 37.5 Å². The maximum Gasteiger partial charge on any atom is 0.317 e. The van der Waals surface area contributed by atoms with Gasteiger partial charge in [-0.15, -0.1) is 0 Å². The molecule has 22 heavy (non-hydrogen) atoms. The summed E-state index contributed by atoms with van der Waals surface area (Å²) >= 11 is 0. The van der Waals surface area contributed by atoms with Crippen LogP contribution in [-0.2, 0) is 4.79 Å². The molecule has 2 aliphatic rings. The molecule has 0 saturated carbocycles. The molecule has 0 aromatic heterocycles. The molecule has 0 aliphatic carbocycles. The second-order valence-electron chi connectivity index (χ2n) is 7.55. The van der Waals surface area contributed by atoms with Gasteiger partial charge in [-0.1, -0.05) is 6.92 Å². The number of nitrogens with one attached hydrogen (secondary N) is 2. The fourth-order valence-electron chi connectivity index (χ4n) is 3.43. The molecule has 2 aliphatic heterocycles. The fourth-order valence-corrected chi connectivity index (χ4v) is 3.43. The summed E-state index contributed by atoms with van der Waals surface area (Å²) in [7, 11) is 0. The Morgan fingerprint density at radius 1 is 1.36 bits per heavy atom. The molecule has 0 aromatic rings. The zero-order valence-electron chi connectivity index (χ0n) is 14.5. The van der Waals surface area contributed by atoms with E-state index < -0.39 is 0 Å². The summed E-state index contributed by atoms with van der Waals surface area (Å²) < 4.78 is 0. The Bertz CT molecular complexity index is 436. The van der Waals surface area contributed by atoms with Crippen molar-refractivity contribution in [1.29, 1.82) is 0 Å². The minimum Gasteiger partial charge on any atom is -0.333 e. The van der Waals surface area contributed by atoms with Gasteiger partial charge in [0.2, 0.25) is 5.91 Å². The summed E-state index contributed by atoms with van der Waals surface area (Å²) in [5.41, 5.74) is -0.485. The Labute approximate surface area is 133 Å². The van der Waals surface area contributed by atoms with Gasteiger partial charge in [-0.25, -0.2) is 4.79 Å². The zero-order valence-corrected chi connectivity index (χ0v) is 14.5. The first-order valence-corrected chi connectivity index (χ1v) is 8.35. The number of piperidine rings is 1. The largest absolute Gasteiger partial charge is 0.333 e. The lowest BCUT2D eigenvalue weighted by molar-refractivity contribution is -0.133. The SMILES string of the molecule is CCCN1C(=O)C(C)NC12CCN(C(=O)NC(C)(C)C)CC2. The van der Waals surface area contributed by atoms with Crippen LogP contribution in [0.5, 0.6) is 0 Å². The minimum absolute atomic E-state index is 0.0123. The summed E-state index contributed by atoms with van der Waals surface area (Å²) in [5.74, 6) is 0.189. The van der Waals surface area contributed by atoms with Crippen molar-refractivity contribution in [2.45, 2.75) is 71.1 Å². The van der Waals surface area contributed by atoms with E-state index in [0.717, 1.165) is 25.8 Å². The summed E-state index contributed by atoms with van der Waals surface area (Å²) in [4.78, 5) is 28.5. The second-order valence-corrected chi connectivity index (χ2v) is 7.55. The fraction of sp³-hybridized carbons (Fsp3) is 0.875. The standard InChI is InChI=1S/C16H30N4O2/c1-6-9-20-13(21)12(2)17-16(20)7-10-19(11-8-16)14(22)18-15(3,4)5/h12,17H,6-11H2,1-5H3,(H,18,22). The number of hydrogen-bond acceptors (Lipinski definition) is 3. The highest BCUT2D eigenvalue weighted by Crippen LogP contribution is 2.32. The van der Waals surface area contributed by atoms with Crippen LogP contribution in [0.2, 0.25) is 0 Å². The van der Waals surface area contributed by atoms with Crippen molar-refractivity contribution in [3.8, 4) is 0 Å².